The lowest BCUT2D eigenvalue weighted by Gasteiger charge is -2.19. The van der Waals surface area contributed by atoms with Gasteiger partial charge in [0.25, 0.3) is 11.8 Å². The predicted octanol–water partition coefficient (Wildman–Crippen LogP) is 2.91. The van der Waals surface area contributed by atoms with Crippen LogP contribution >= 0.6 is 0 Å². The van der Waals surface area contributed by atoms with Crippen molar-refractivity contribution in [2.45, 2.75) is 32.9 Å². The van der Waals surface area contributed by atoms with Crippen molar-refractivity contribution in [1.29, 1.82) is 0 Å². The summed E-state index contributed by atoms with van der Waals surface area (Å²) < 4.78 is 5.14. The molecule has 10 nitrogen and oxygen atoms in total. The summed E-state index contributed by atoms with van der Waals surface area (Å²) >= 11 is 0. The van der Waals surface area contributed by atoms with Crippen molar-refractivity contribution in [3.05, 3.63) is 77.6 Å². The molecule has 36 heavy (non-hydrogen) atoms. The zero-order chi connectivity index (χ0) is 26.1. The van der Waals surface area contributed by atoms with Gasteiger partial charge < -0.3 is 26.4 Å². The summed E-state index contributed by atoms with van der Waals surface area (Å²) in [6.45, 7) is 5.98. The first-order chi connectivity index (χ1) is 17.1. The molecule has 0 saturated carbocycles. The van der Waals surface area contributed by atoms with Crippen molar-refractivity contribution in [2.24, 2.45) is 0 Å². The van der Waals surface area contributed by atoms with Crippen LogP contribution in [0.25, 0.3) is 11.3 Å². The number of benzene rings is 2. The topological polar surface area (TPSA) is 148 Å². The van der Waals surface area contributed by atoms with Gasteiger partial charge in [0.2, 0.25) is 0 Å². The van der Waals surface area contributed by atoms with Crippen molar-refractivity contribution < 1.29 is 19.1 Å². The van der Waals surface area contributed by atoms with Crippen LogP contribution in [0.1, 0.15) is 47.2 Å². The average molecular weight is 491 g/mol. The second-order valence-corrected chi connectivity index (χ2v) is 8.92. The first-order valence-electron chi connectivity index (χ1n) is 11.4. The maximum atomic E-state index is 12.6. The van der Waals surface area contributed by atoms with Crippen molar-refractivity contribution in [3.8, 4) is 11.3 Å². The molecule has 0 aliphatic heterocycles. The van der Waals surface area contributed by atoms with Crippen LogP contribution in [0.3, 0.4) is 0 Å². The van der Waals surface area contributed by atoms with Gasteiger partial charge in [0.15, 0.2) is 11.5 Å². The third-order valence-corrected chi connectivity index (χ3v) is 4.81. The molecule has 0 radical (unpaired) electrons. The fourth-order valence-corrected chi connectivity index (χ4v) is 3.14. The molecule has 10 heteroatoms. The van der Waals surface area contributed by atoms with Gasteiger partial charge in [-0.05, 0) is 38.5 Å². The maximum absolute atomic E-state index is 12.6. The van der Waals surface area contributed by atoms with E-state index >= 15 is 0 Å². The van der Waals surface area contributed by atoms with Gasteiger partial charge in [0.1, 0.15) is 5.60 Å². The molecule has 0 atom stereocenters. The van der Waals surface area contributed by atoms with Gasteiger partial charge in [-0.15, -0.1) is 0 Å². The van der Waals surface area contributed by atoms with Crippen LogP contribution in [-0.4, -0.2) is 46.6 Å². The second kappa shape index (κ2) is 11.8. The highest BCUT2D eigenvalue weighted by molar-refractivity contribution is 5.97. The zero-order valence-corrected chi connectivity index (χ0v) is 20.5. The number of carbonyl (C=O) groups is 3. The summed E-state index contributed by atoms with van der Waals surface area (Å²) in [4.78, 5) is 45.4. The first-order valence-corrected chi connectivity index (χ1v) is 11.4. The van der Waals surface area contributed by atoms with E-state index in [1.807, 2.05) is 30.3 Å². The molecule has 0 saturated heterocycles. The van der Waals surface area contributed by atoms with E-state index in [4.69, 9.17) is 10.5 Å². The number of hydrogen-bond donors (Lipinski definition) is 4. The summed E-state index contributed by atoms with van der Waals surface area (Å²) in [5.74, 6) is -0.808. The van der Waals surface area contributed by atoms with Gasteiger partial charge in [-0.3, -0.25) is 9.59 Å². The number of aromatic nitrogens is 2. The minimum absolute atomic E-state index is 0.0342. The molecule has 0 unspecified atom stereocenters. The van der Waals surface area contributed by atoms with Gasteiger partial charge in [0.05, 0.1) is 11.9 Å². The fraction of sp³-hybridized carbons (Fsp3) is 0.269. The van der Waals surface area contributed by atoms with Gasteiger partial charge in [-0.2, -0.15) is 0 Å². The van der Waals surface area contributed by atoms with E-state index < -0.39 is 17.6 Å². The number of rotatable bonds is 8. The number of carbonyl (C=O) groups excluding carboxylic acids is 3. The SMILES string of the molecule is CC(C)(C)OC(=O)NCCNC(=O)c1nc(-c2cccc(C(=O)NCc3ccccc3)c2)cnc1N. The Hall–Kier alpha value is -4.47. The Morgan fingerprint density at radius 2 is 1.64 bits per heavy atom. The van der Waals surface area contributed by atoms with Crippen LogP contribution in [0, 0.1) is 0 Å². The molecule has 0 aliphatic rings. The molecule has 0 aliphatic carbocycles. The number of nitrogen functional groups attached to an aromatic ring is 1. The molecule has 3 aromatic rings. The molecule has 0 bridgehead atoms. The lowest BCUT2D eigenvalue weighted by molar-refractivity contribution is 0.0526. The molecule has 3 amide bonds. The molecule has 2 aromatic carbocycles. The molecule has 0 fully saturated rings. The molecular formula is C26H30N6O4. The standard InChI is InChI=1S/C26H30N6O4/c1-26(2,3)36-25(35)29-13-12-28-24(34)21-22(27)30-16-20(32-21)18-10-7-11-19(14-18)23(33)31-15-17-8-5-4-6-9-17/h4-11,14,16H,12-13,15H2,1-3H3,(H2,27,30)(H,28,34)(H,29,35)(H,31,33). The Morgan fingerprint density at radius 1 is 0.917 bits per heavy atom. The highest BCUT2D eigenvalue weighted by Gasteiger charge is 2.17. The Kier molecular flexibility index (Phi) is 8.56. The molecular weight excluding hydrogens is 460 g/mol. The van der Waals surface area contributed by atoms with E-state index in [0.717, 1.165) is 5.56 Å². The number of alkyl carbamates (subject to hydrolysis) is 1. The Morgan fingerprint density at radius 3 is 2.36 bits per heavy atom. The predicted molar refractivity (Wildman–Crippen MR) is 136 cm³/mol. The number of amides is 3. The second-order valence-electron chi connectivity index (χ2n) is 8.92. The molecule has 188 valence electrons. The molecule has 3 rings (SSSR count). The van der Waals surface area contributed by atoms with Crippen LogP contribution in [0.2, 0.25) is 0 Å². The monoisotopic (exact) mass is 490 g/mol. The van der Waals surface area contributed by atoms with Gasteiger partial charge in [-0.25, -0.2) is 14.8 Å². The number of anilines is 1. The van der Waals surface area contributed by atoms with Crippen LogP contribution in [0.15, 0.2) is 60.8 Å². The van der Waals surface area contributed by atoms with E-state index in [9.17, 15) is 14.4 Å². The number of nitrogens with one attached hydrogen (secondary N) is 3. The smallest absolute Gasteiger partial charge is 0.407 e. The highest BCUT2D eigenvalue weighted by Crippen LogP contribution is 2.20. The summed E-state index contributed by atoms with van der Waals surface area (Å²) in [5.41, 5.74) is 7.64. The Labute approximate surface area is 209 Å². The van der Waals surface area contributed by atoms with E-state index in [-0.39, 0.29) is 30.5 Å². The summed E-state index contributed by atoms with van der Waals surface area (Å²) in [6.07, 6.45) is 0.864. The van der Waals surface area contributed by atoms with E-state index in [2.05, 4.69) is 25.9 Å². The third-order valence-electron chi connectivity index (χ3n) is 4.81. The first kappa shape index (κ1) is 26.1. The van der Waals surface area contributed by atoms with Crippen LogP contribution < -0.4 is 21.7 Å². The quantitative estimate of drug-likeness (QED) is 0.355. The van der Waals surface area contributed by atoms with E-state index in [0.29, 0.717) is 23.4 Å². The van der Waals surface area contributed by atoms with Crippen molar-refractivity contribution >= 4 is 23.7 Å². The van der Waals surface area contributed by atoms with Crippen LogP contribution in [-0.2, 0) is 11.3 Å². The minimum atomic E-state index is -0.613. The van der Waals surface area contributed by atoms with Crippen LogP contribution in [0.4, 0.5) is 10.6 Å². The molecule has 1 heterocycles. The number of ether oxygens (including phenoxy) is 1. The van der Waals surface area contributed by atoms with Crippen LogP contribution in [0.5, 0.6) is 0 Å². The number of nitrogens with two attached hydrogens (primary N) is 1. The molecule has 0 spiro atoms. The normalized spacial score (nSPS) is 10.9. The number of nitrogens with zero attached hydrogens (tertiary/aromatic N) is 2. The molecule has 5 N–H and O–H groups in total. The average Bonchev–Trinajstić information content (AvgIpc) is 2.85. The Bertz CT molecular complexity index is 1220. The van der Waals surface area contributed by atoms with Crippen molar-refractivity contribution in [2.75, 3.05) is 18.8 Å². The van der Waals surface area contributed by atoms with E-state index in [1.54, 1.807) is 45.0 Å². The summed E-state index contributed by atoms with van der Waals surface area (Å²) in [5, 5.41) is 8.08. The summed E-state index contributed by atoms with van der Waals surface area (Å²) in [6, 6.07) is 16.5. The van der Waals surface area contributed by atoms with Gasteiger partial charge in [-0.1, -0.05) is 42.5 Å². The van der Waals surface area contributed by atoms with Gasteiger partial charge >= 0.3 is 6.09 Å². The third kappa shape index (κ3) is 7.79. The van der Waals surface area contributed by atoms with Crippen molar-refractivity contribution in [1.82, 2.24) is 25.9 Å². The highest BCUT2D eigenvalue weighted by atomic mass is 16.6. The Balaban J connectivity index is 1.62. The lowest BCUT2D eigenvalue weighted by Crippen LogP contribution is -2.38. The largest absolute Gasteiger partial charge is 0.444 e. The zero-order valence-electron chi connectivity index (χ0n) is 20.5. The minimum Gasteiger partial charge on any atom is -0.444 e. The molecule has 1 aromatic heterocycles. The fourth-order valence-electron chi connectivity index (χ4n) is 3.14. The van der Waals surface area contributed by atoms with Gasteiger partial charge in [0, 0.05) is 30.8 Å². The lowest BCUT2D eigenvalue weighted by atomic mass is 10.1. The van der Waals surface area contributed by atoms with E-state index in [1.165, 1.54) is 6.20 Å². The number of hydrogen-bond acceptors (Lipinski definition) is 7. The maximum Gasteiger partial charge on any atom is 0.407 e. The summed E-state index contributed by atoms with van der Waals surface area (Å²) in [7, 11) is 0. The van der Waals surface area contributed by atoms with Crippen molar-refractivity contribution in [3.63, 3.8) is 0 Å².